The van der Waals surface area contributed by atoms with Crippen molar-refractivity contribution in [3.8, 4) is 0 Å². The molecule has 1 heterocycles. The Balaban J connectivity index is 1.84. The van der Waals surface area contributed by atoms with Gasteiger partial charge in [0.1, 0.15) is 0 Å². The molecule has 1 aromatic heterocycles. The van der Waals surface area contributed by atoms with Gasteiger partial charge in [-0.05, 0) is 36.3 Å². The zero-order valence-electron chi connectivity index (χ0n) is 8.22. The average Bonchev–Trinajstić information content (AvgIpc) is 2.93. The molecular weight excluding hydrogens is 196 g/mol. The molecule has 80 valence electrons. The van der Waals surface area contributed by atoms with Gasteiger partial charge in [0.15, 0.2) is 0 Å². The lowest BCUT2D eigenvalue weighted by atomic mass is 9.89. The Morgan fingerprint density at radius 3 is 2.80 bits per heavy atom. The van der Waals surface area contributed by atoms with Crippen molar-refractivity contribution in [1.29, 1.82) is 0 Å². The summed E-state index contributed by atoms with van der Waals surface area (Å²) < 4.78 is 5.02. The molecule has 0 aliphatic heterocycles. The van der Waals surface area contributed by atoms with E-state index in [4.69, 9.17) is 9.63 Å². The van der Waals surface area contributed by atoms with Gasteiger partial charge in [-0.25, -0.2) is 4.79 Å². The van der Waals surface area contributed by atoms with Crippen molar-refractivity contribution in [2.45, 2.75) is 31.6 Å². The van der Waals surface area contributed by atoms with Crippen LogP contribution in [0.5, 0.6) is 0 Å². The van der Waals surface area contributed by atoms with E-state index >= 15 is 0 Å². The maximum Gasteiger partial charge on any atom is 0.377 e. The molecule has 3 unspecified atom stereocenters. The van der Waals surface area contributed by atoms with Gasteiger partial charge in [0, 0.05) is 5.92 Å². The van der Waals surface area contributed by atoms with Crippen LogP contribution < -0.4 is 0 Å². The average molecular weight is 208 g/mol. The fraction of sp³-hybridized carbons (Fsp3) is 0.700. The van der Waals surface area contributed by atoms with Gasteiger partial charge in [0.2, 0.25) is 5.89 Å². The van der Waals surface area contributed by atoms with Crippen LogP contribution in [0.15, 0.2) is 4.52 Å². The predicted octanol–water partition coefficient (Wildman–Crippen LogP) is 1.67. The van der Waals surface area contributed by atoms with Crippen LogP contribution in [0, 0.1) is 11.8 Å². The molecule has 0 saturated heterocycles. The SMILES string of the molecule is O=C(O)c1noc(C2CC3CCC2C3)n1. The molecule has 1 N–H and O–H groups in total. The molecule has 3 rings (SSSR count). The number of hydrogen-bond acceptors (Lipinski definition) is 4. The van der Waals surface area contributed by atoms with Gasteiger partial charge in [0.05, 0.1) is 0 Å². The number of carboxylic acid groups (broad SMARTS) is 1. The second-order valence-corrected chi connectivity index (χ2v) is 4.54. The molecule has 2 saturated carbocycles. The predicted molar refractivity (Wildman–Crippen MR) is 49.4 cm³/mol. The maximum absolute atomic E-state index is 10.6. The fourth-order valence-corrected chi connectivity index (χ4v) is 3.02. The molecule has 2 aliphatic carbocycles. The van der Waals surface area contributed by atoms with E-state index in [0.717, 1.165) is 12.3 Å². The first-order valence-corrected chi connectivity index (χ1v) is 5.31. The van der Waals surface area contributed by atoms with E-state index in [-0.39, 0.29) is 5.82 Å². The smallest absolute Gasteiger partial charge is 0.377 e. The minimum Gasteiger partial charge on any atom is -0.475 e. The van der Waals surface area contributed by atoms with Gasteiger partial charge in [0.25, 0.3) is 5.82 Å². The number of carboxylic acids is 1. The Hall–Kier alpha value is -1.39. The Kier molecular flexibility index (Phi) is 1.81. The van der Waals surface area contributed by atoms with E-state index < -0.39 is 5.97 Å². The molecular formula is C10H12N2O3. The van der Waals surface area contributed by atoms with Crippen LogP contribution in [0.2, 0.25) is 0 Å². The molecule has 3 atom stereocenters. The van der Waals surface area contributed by atoms with Gasteiger partial charge in [-0.15, -0.1) is 0 Å². The van der Waals surface area contributed by atoms with Crippen LogP contribution in [0.1, 0.15) is 48.1 Å². The molecule has 0 amide bonds. The van der Waals surface area contributed by atoms with Crippen molar-refractivity contribution in [2.24, 2.45) is 11.8 Å². The molecule has 0 spiro atoms. The standard InChI is InChI=1S/C10H12N2O3/c13-10(14)8-11-9(15-12-8)7-4-5-1-2-6(7)3-5/h5-7H,1-4H2,(H,13,14). The van der Waals surface area contributed by atoms with Crippen molar-refractivity contribution in [3.05, 3.63) is 11.7 Å². The van der Waals surface area contributed by atoms with E-state index in [0.29, 0.717) is 17.7 Å². The van der Waals surface area contributed by atoms with Crippen LogP contribution in [0.3, 0.4) is 0 Å². The Bertz CT molecular complexity index is 401. The summed E-state index contributed by atoms with van der Waals surface area (Å²) in [5, 5.41) is 12.1. The highest BCUT2D eigenvalue weighted by molar-refractivity contribution is 5.82. The highest BCUT2D eigenvalue weighted by atomic mass is 16.5. The van der Waals surface area contributed by atoms with Crippen molar-refractivity contribution in [1.82, 2.24) is 10.1 Å². The van der Waals surface area contributed by atoms with Gasteiger partial charge < -0.3 is 9.63 Å². The summed E-state index contributed by atoms with van der Waals surface area (Å²) in [4.78, 5) is 14.5. The van der Waals surface area contributed by atoms with Crippen molar-refractivity contribution in [2.75, 3.05) is 0 Å². The third-order valence-corrected chi connectivity index (χ3v) is 3.69. The summed E-state index contributed by atoms with van der Waals surface area (Å²) in [5.74, 6) is 0.933. The molecule has 2 fully saturated rings. The number of rotatable bonds is 2. The fourth-order valence-electron chi connectivity index (χ4n) is 3.02. The lowest BCUT2D eigenvalue weighted by Gasteiger charge is -2.16. The summed E-state index contributed by atoms with van der Waals surface area (Å²) in [7, 11) is 0. The Morgan fingerprint density at radius 2 is 2.27 bits per heavy atom. The van der Waals surface area contributed by atoms with E-state index in [1.165, 1.54) is 19.3 Å². The first kappa shape index (κ1) is 8.88. The van der Waals surface area contributed by atoms with Gasteiger partial charge >= 0.3 is 5.97 Å². The summed E-state index contributed by atoms with van der Waals surface area (Å²) in [5.41, 5.74) is 0. The second kappa shape index (κ2) is 3.05. The summed E-state index contributed by atoms with van der Waals surface area (Å²) >= 11 is 0. The highest BCUT2D eigenvalue weighted by Crippen LogP contribution is 2.52. The third-order valence-electron chi connectivity index (χ3n) is 3.69. The van der Waals surface area contributed by atoms with Gasteiger partial charge in [-0.2, -0.15) is 4.98 Å². The van der Waals surface area contributed by atoms with Crippen LogP contribution >= 0.6 is 0 Å². The number of nitrogens with zero attached hydrogens (tertiary/aromatic N) is 2. The summed E-state index contributed by atoms with van der Waals surface area (Å²) in [6.45, 7) is 0. The van der Waals surface area contributed by atoms with Crippen LogP contribution in [-0.2, 0) is 0 Å². The lowest BCUT2D eigenvalue weighted by molar-refractivity contribution is 0.0680. The third kappa shape index (κ3) is 1.33. The number of hydrogen-bond donors (Lipinski definition) is 1. The zero-order chi connectivity index (χ0) is 10.4. The first-order valence-electron chi connectivity index (χ1n) is 5.31. The number of fused-ring (bicyclic) bond motifs is 2. The van der Waals surface area contributed by atoms with E-state index in [1.54, 1.807) is 0 Å². The molecule has 0 aromatic carbocycles. The van der Waals surface area contributed by atoms with Crippen LogP contribution in [0.4, 0.5) is 0 Å². The van der Waals surface area contributed by atoms with Crippen molar-refractivity contribution < 1.29 is 14.4 Å². The molecule has 1 aromatic rings. The molecule has 5 heteroatoms. The summed E-state index contributed by atoms with van der Waals surface area (Å²) in [6.07, 6.45) is 4.86. The zero-order valence-corrected chi connectivity index (χ0v) is 8.22. The van der Waals surface area contributed by atoms with Gasteiger partial charge in [-0.3, -0.25) is 0 Å². The lowest BCUT2D eigenvalue weighted by Crippen LogP contribution is -2.09. The highest BCUT2D eigenvalue weighted by Gasteiger charge is 2.43. The topological polar surface area (TPSA) is 76.2 Å². The number of aromatic nitrogens is 2. The molecule has 0 radical (unpaired) electrons. The van der Waals surface area contributed by atoms with E-state index in [1.807, 2.05) is 0 Å². The molecule has 2 bridgehead atoms. The largest absolute Gasteiger partial charge is 0.475 e. The van der Waals surface area contributed by atoms with E-state index in [2.05, 4.69) is 10.1 Å². The minimum atomic E-state index is -1.12. The Labute approximate surface area is 86.5 Å². The summed E-state index contributed by atoms with van der Waals surface area (Å²) in [6, 6.07) is 0. The maximum atomic E-state index is 10.6. The second-order valence-electron chi connectivity index (χ2n) is 4.54. The van der Waals surface area contributed by atoms with Crippen LogP contribution in [0.25, 0.3) is 0 Å². The van der Waals surface area contributed by atoms with E-state index in [9.17, 15) is 4.79 Å². The minimum absolute atomic E-state index is 0.215. The monoisotopic (exact) mass is 208 g/mol. The molecule has 15 heavy (non-hydrogen) atoms. The van der Waals surface area contributed by atoms with Crippen LogP contribution in [-0.4, -0.2) is 21.2 Å². The molecule has 5 nitrogen and oxygen atoms in total. The quantitative estimate of drug-likeness (QED) is 0.800. The Morgan fingerprint density at radius 1 is 1.40 bits per heavy atom. The van der Waals surface area contributed by atoms with Crippen molar-refractivity contribution >= 4 is 5.97 Å². The van der Waals surface area contributed by atoms with Gasteiger partial charge in [-0.1, -0.05) is 6.42 Å². The number of carbonyl (C=O) groups is 1. The first-order chi connectivity index (χ1) is 7.24. The normalized spacial score (nSPS) is 33.5. The molecule has 2 aliphatic rings. The number of aromatic carboxylic acids is 1. The van der Waals surface area contributed by atoms with Crippen molar-refractivity contribution in [3.63, 3.8) is 0 Å².